The van der Waals surface area contributed by atoms with Gasteiger partial charge in [0.05, 0.1) is 122 Å². The Hall–Kier alpha value is -10.8. The number of H-pyrrole nitrogens is 1. The molecule has 10 aromatic rings. The Bertz CT molecular complexity index is 5320. The Morgan fingerprint density at radius 2 is 0.816 bits per heavy atom. The number of carbonyl (C=O) groups is 3. The lowest BCUT2D eigenvalue weighted by molar-refractivity contribution is -0.119. The second-order valence-corrected chi connectivity index (χ2v) is 35.9. The first kappa shape index (κ1) is 87.7. The smallest absolute Gasteiger partial charge is 0.287 e. The molecule has 4 aliphatic carbocycles. The zero-order chi connectivity index (χ0) is 85.9. The molecule has 0 radical (unpaired) electrons. The van der Waals surface area contributed by atoms with E-state index in [0.29, 0.717) is 41.8 Å². The Morgan fingerprint density at radius 1 is 0.424 bits per heavy atom. The number of amides is 3. The van der Waals surface area contributed by atoms with Crippen LogP contribution in [0.15, 0.2) is 123 Å². The highest BCUT2D eigenvalue weighted by atomic mass is 32.2. The van der Waals surface area contributed by atoms with Crippen LogP contribution in [0, 0.1) is 11.8 Å². The minimum Gasteiger partial charge on any atom is -0.488 e. The van der Waals surface area contributed by atoms with E-state index in [9.17, 15) is 22.8 Å². The summed E-state index contributed by atoms with van der Waals surface area (Å²) in [5.74, 6) is 3.38. The topological polar surface area (TPSA) is 381 Å². The van der Waals surface area contributed by atoms with Gasteiger partial charge in [0.25, 0.3) is 11.8 Å². The van der Waals surface area contributed by atoms with Crippen molar-refractivity contribution in [2.24, 2.45) is 11.8 Å². The maximum absolute atomic E-state index is 12.5. The van der Waals surface area contributed by atoms with Gasteiger partial charge < -0.3 is 79.0 Å². The third-order valence-electron chi connectivity index (χ3n) is 25.2. The Morgan fingerprint density at radius 3 is 1.22 bits per heavy atom. The van der Waals surface area contributed by atoms with Crippen molar-refractivity contribution in [1.29, 1.82) is 0 Å². The quantitative estimate of drug-likeness (QED) is 0.0389. The van der Waals surface area contributed by atoms with Gasteiger partial charge in [-0.15, -0.1) is 0 Å². The second kappa shape index (κ2) is 42.5. The number of carbonyl (C=O) groups excluding carboxylic acids is 3. The van der Waals surface area contributed by atoms with Crippen LogP contribution < -0.4 is 55.1 Å². The van der Waals surface area contributed by atoms with E-state index in [2.05, 4.69) is 154 Å². The molecule has 6 N–H and O–H groups in total. The first-order valence-corrected chi connectivity index (χ1v) is 46.6. The van der Waals surface area contributed by atoms with Crippen LogP contribution in [-0.2, 0) is 51.3 Å². The molecule has 6 aromatic heterocycles. The summed E-state index contributed by atoms with van der Waals surface area (Å²) in [5, 5.41) is 12.6. The zero-order valence-corrected chi connectivity index (χ0v) is 72.6. The van der Waals surface area contributed by atoms with Crippen LogP contribution in [0.2, 0.25) is 0 Å². The van der Waals surface area contributed by atoms with Crippen LogP contribution in [-0.4, -0.2) is 253 Å². The Kier molecular flexibility index (Phi) is 29.8. The summed E-state index contributed by atoms with van der Waals surface area (Å²) >= 11 is 0. The lowest BCUT2D eigenvalue weighted by Crippen LogP contribution is -2.40. The number of imidazole rings is 1. The van der Waals surface area contributed by atoms with E-state index in [1.165, 1.54) is 28.8 Å². The number of morpholine rings is 4. The normalized spacial score (nSPS) is 23.7. The summed E-state index contributed by atoms with van der Waals surface area (Å²) in [6.45, 7) is 17.3. The molecule has 9 aliphatic rings. The summed E-state index contributed by atoms with van der Waals surface area (Å²) in [5.41, 5.74) is 14.8. The molecule has 5 aliphatic heterocycles. The molecular formula is C91H117N21O12S. The van der Waals surface area contributed by atoms with Gasteiger partial charge >= 0.3 is 0 Å². The maximum Gasteiger partial charge on any atom is 0.287 e. The van der Waals surface area contributed by atoms with E-state index in [0.717, 1.165) is 294 Å². The Labute approximate surface area is 729 Å². The molecule has 4 saturated carbocycles. The molecule has 125 heavy (non-hydrogen) atoms. The Balaban J connectivity index is 0.000000124. The number of anilines is 5. The number of hydrogen-bond acceptors (Lipinski definition) is 28. The minimum atomic E-state index is -3.13. The van der Waals surface area contributed by atoms with Gasteiger partial charge in [0.1, 0.15) is 22.5 Å². The number of sulfonamides is 1. The molecule has 5 saturated heterocycles. The van der Waals surface area contributed by atoms with E-state index in [4.69, 9.17) is 33.2 Å². The fourth-order valence-corrected chi connectivity index (χ4v) is 19.4. The number of nitrogens with one attached hydrogen (secondary N) is 6. The van der Waals surface area contributed by atoms with Gasteiger partial charge in [-0.05, 0) is 188 Å². The average Bonchev–Trinajstić information content (AvgIpc) is 0.851. The standard InChI is InChI=1S/C28H35N7O4.C22H26N6O3.C21H28N4O2.C20H28N4O3S/c1-18-23(6-11-38-18)34-27(36)19-16-31-28(32-17-19)33-20-2-4-22(5-3-20)39-25-15-21(35-9-12-37-13-10-35)14-24-26(25)30-8-7-29-24;29-22(21-25-7-8-26-21)27-15-1-3-17(4-2-15)31-19-14-16(28-9-11-30-12-10-28)13-18-20(19)24-6-5-23-18;1-15(26)24-18-4-2-16(3-5-18)12-17-13-19(25-8-10-27-11-9-25)14-20-21(17)23-7-6-22-20;1-28(25,26)23-17-4-2-15(3-5-17)12-16-13-18(24-8-10-27-11-9-24)14-19-20(16)22-7-6-21-19/h7-8,14-18,20,22-23H,2-6,9-13H2,1H3,(H,34,36)(H,31,32,33);5-8,13-15,17H,1-4,9-12H2,(H,25,26)(H,27,29);6-7,13-14,16,18H,2-5,8-12H2,1H3,(H,24,26);6-7,13-15,17,23H,2-5,8-12H2,1H3. The van der Waals surface area contributed by atoms with E-state index >= 15 is 0 Å². The van der Waals surface area contributed by atoms with Gasteiger partial charge in [-0.25, -0.2) is 38.1 Å². The van der Waals surface area contributed by atoms with Crippen molar-refractivity contribution in [3.63, 3.8) is 0 Å². The predicted octanol–water partition coefficient (Wildman–Crippen LogP) is 10.1. The van der Waals surface area contributed by atoms with Crippen molar-refractivity contribution in [2.45, 2.75) is 184 Å². The summed E-state index contributed by atoms with van der Waals surface area (Å²) < 4.78 is 66.2. The van der Waals surface area contributed by atoms with Crippen molar-refractivity contribution >= 4 is 101 Å². The number of aromatic amines is 1. The van der Waals surface area contributed by atoms with Gasteiger partial charge in [0, 0.05) is 199 Å². The van der Waals surface area contributed by atoms with Gasteiger partial charge in [-0.1, -0.05) is 0 Å². The van der Waals surface area contributed by atoms with E-state index in [1.807, 2.05) is 6.92 Å². The molecule has 3 amide bonds. The SMILES string of the molecule is CC(=O)NC1CCC(Cc2cc(N3CCOCC3)cc3nccnc23)CC1.CC1OCCC1NC(=O)c1cnc(NC2CCC(Oc3cc(N4CCOCC4)cc4nccnc34)CC2)nc1.CS(=O)(=O)NC1CCC(Cc2cc(N3CCOCC3)cc3nccnc23)CC1.O=C(NC1CCC(Oc2cc(N3CCOCC3)cc3nccnc23)CC1)c1ncc[nH]1. The van der Waals surface area contributed by atoms with E-state index in [1.54, 1.807) is 81.3 Å². The van der Waals surface area contributed by atoms with Crippen LogP contribution in [0.3, 0.4) is 0 Å². The third-order valence-corrected chi connectivity index (χ3v) is 26.0. The van der Waals surface area contributed by atoms with Gasteiger partial charge in [0.15, 0.2) is 5.82 Å². The molecule has 0 bridgehead atoms. The molecule has 2 atom stereocenters. The number of nitrogens with zero attached hydrogens (tertiary/aromatic N) is 15. The van der Waals surface area contributed by atoms with Gasteiger partial charge in [0.2, 0.25) is 21.9 Å². The largest absolute Gasteiger partial charge is 0.488 e. The summed E-state index contributed by atoms with van der Waals surface area (Å²) in [7, 11) is -3.13. The predicted molar refractivity (Wildman–Crippen MR) is 477 cm³/mol. The molecular weight excluding hydrogens is 1610 g/mol. The first-order chi connectivity index (χ1) is 61.0. The lowest BCUT2D eigenvalue weighted by Gasteiger charge is -2.31. The summed E-state index contributed by atoms with van der Waals surface area (Å²) in [4.78, 5) is 97.5. The molecule has 19 rings (SSSR count). The molecule has 2 unspecified atom stereocenters. The fraction of sp³-hybridized carbons (Fsp3) is 0.538. The highest BCUT2D eigenvalue weighted by Gasteiger charge is 2.32. The van der Waals surface area contributed by atoms with Crippen molar-refractivity contribution in [1.82, 2.24) is 80.5 Å². The van der Waals surface area contributed by atoms with Crippen LogP contribution in [0.5, 0.6) is 11.5 Å². The van der Waals surface area contributed by atoms with Gasteiger partial charge in [-0.2, -0.15) is 0 Å². The molecule has 0 spiro atoms. The van der Waals surface area contributed by atoms with Gasteiger partial charge in [-0.3, -0.25) is 44.3 Å². The third kappa shape index (κ3) is 24.1. The number of rotatable bonds is 21. The lowest BCUT2D eigenvalue weighted by atomic mass is 9.82. The number of ether oxygens (including phenoxy) is 7. The highest BCUT2D eigenvalue weighted by Crippen LogP contribution is 2.39. The van der Waals surface area contributed by atoms with Crippen molar-refractivity contribution in [2.75, 3.05) is 143 Å². The van der Waals surface area contributed by atoms with E-state index in [-0.39, 0.29) is 60.2 Å². The van der Waals surface area contributed by atoms with Crippen LogP contribution >= 0.6 is 0 Å². The summed E-state index contributed by atoms with van der Waals surface area (Å²) in [6.07, 6.45) is 39.9. The minimum absolute atomic E-state index is 0.0234. The molecule has 11 heterocycles. The molecule has 34 heteroatoms. The molecule has 4 aromatic carbocycles. The van der Waals surface area contributed by atoms with Crippen molar-refractivity contribution in [3.8, 4) is 11.5 Å². The maximum atomic E-state index is 12.5. The number of hydrogen-bond donors (Lipinski definition) is 6. The average molecular weight is 1730 g/mol. The molecule has 33 nitrogen and oxygen atoms in total. The zero-order valence-electron chi connectivity index (χ0n) is 71.8. The van der Waals surface area contributed by atoms with Crippen LogP contribution in [0.4, 0.5) is 28.7 Å². The van der Waals surface area contributed by atoms with E-state index < -0.39 is 10.0 Å². The summed E-state index contributed by atoms with van der Waals surface area (Å²) in [6, 6.07) is 18.0. The van der Waals surface area contributed by atoms with Crippen molar-refractivity contribution in [3.05, 3.63) is 145 Å². The fourth-order valence-electron chi connectivity index (χ4n) is 18.6. The van der Waals surface area contributed by atoms with Crippen LogP contribution in [0.1, 0.15) is 155 Å². The number of aromatic nitrogens is 12. The van der Waals surface area contributed by atoms with Crippen molar-refractivity contribution < 1.29 is 56.0 Å². The monoisotopic (exact) mass is 1730 g/mol. The number of fused-ring (bicyclic) bond motifs is 4. The second-order valence-electron chi connectivity index (χ2n) is 34.1. The highest BCUT2D eigenvalue weighted by molar-refractivity contribution is 7.88. The molecule has 9 fully saturated rings. The van der Waals surface area contributed by atoms with Crippen LogP contribution in [0.25, 0.3) is 44.1 Å². The first-order valence-electron chi connectivity index (χ1n) is 44.7. The molecule has 664 valence electrons. The number of benzene rings is 4.